The topological polar surface area (TPSA) is 122 Å². The maximum atomic E-state index is 13.5. The summed E-state index contributed by atoms with van der Waals surface area (Å²) >= 11 is 0. The summed E-state index contributed by atoms with van der Waals surface area (Å²) < 4.78 is 6.13. The van der Waals surface area contributed by atoms with Crippen molar-refractivity contribution in [1.82, 2.24) is 4.90 Å². The molecule has 5 saturated carbocycles. The van der Waals surface area contributed by atoms with E-state index in [4.69, 9.17) is 16.2 Å². The summed E-state index contributed by atoms with van der Waals surface area (Å²) in [5, 5.41) is 9.52. The van der Waals surface area contributed by atoms with Gasteiger partial charge in [-0.2, -0.15) is 5.26 Å². The molecule has 1 heterocycles. The fourth-order valence-corrected chi connectivity index (χ4v) is 7.60. The molecule has 2 unspecified atom stereocenters. The monoisotopic (exact) mass is 414 g/mol. The second-order valence-corrected chi connectivity index (χ2v) is 11.4. The summed E-state index contributed by atoms with van der Waals surface area (Å²) in [4.78, 5) is 28.0. The normalized spacial score (nSPS) is 45.1. The predicted octanol–water partition coefficient (Wildman–Crippen LogP) is 1.69. The van der Waals surface area contributed by atoms with E-state index in [9.17, 15) is 14.9 Å². The van der Waals surface area contributed by atoms with Crippen LogP contribution in [0, 0.1) is 40.4 Å². The molecule has 6 fully saturated rings. The highest BCUT2D eigenvalue weighted by atomic mass is 16.6. The van der Waals surface area contributed by atoms with Crippen molar-refractivity contribution >= 4 is 11.9 Å². The van der Waals surface area contributed by atoms with E-state index in [0.29, 0.717) is 24.2 Å². The molecule has 1 aliphatic heterocycles. The van der Waals surface area contributed by atoms with E-state index in [2.05, 4.69) is 6.07 Å². The molecule has 1 saturated heterocycles. The molecule has 0 aromatic heterocycles. The second-order valence-electron chi connectivity index (χ2n) is 11.4. The Morgan fingerprint density at radius 2 is 1.77 bits per heavy atom. The van der Waals surface area contributed by atoms with Gasteiger partial charge < -0.3 is 21.1 Å². The number of likely N-dealkylation sites (tertiary alicyclic amines) is 1. The maximum absolute atomic E-state index is 13.5. The lowest BCUT2D eigenvalue weighted by molar-refractivity contribution is -0.207. The van der Waals surface area contributed by atoms with Crippen LogP contribution in [0.15, 0.2) is 0 Å². The van der Waals surface area contributed by atoms with E-state index in [1.165, 1.54) is 0 Å². The molecule has 4 N–H and O–H groups in total. The standard InChI is InChI=1S/C23H34N4O3/c1-12(2)18(25)21(29)30-23-8-13-3-14(9-23)7-22(6-13,11-23)19(26)20(28)27-16(10-24)4-15-5-17(15)27/h12-19H,3-9,11,25-26H2,1-2H3/t13?,14?,15-,16+,17+,18-,19-,22?,23?/m1/s1. The van der Waals surface area contributed by atoms with Crippen molar-refractivity contribution in [1.29, 1.82) is 5.26 Å². The first kappa shape index (κ1) is 20.3. The molecule has 5 aliphatic carbocycles. The molecule has 6 rings (SSSR count). The van der Waals surface area contributed by atoms with Crippen LogP contribution in [0.25, 0.3) is 0 Å². The number of hydrogen-bond donors (Lipinski definition) is 2. The molecular weight excluding hydrogens is 380 g/mol. The van der Waals surface area contributed by atoms with E-state index < -0.39 is 17.7 Å². The number of nitrogens with zero attached hydrogens (tertiary/aromatic N) is 2. The highest BCUT2D eigenvalue weighted by molar-refractivity contribution is 5.84. The fraction of sp³-hybridized carbons (Fsp3) is 0.870. The number of carbonyl (C=O) groups is 2. The van der Waals surface area contributed by atoms with Crippen LogP contribution in [0.4, 0.5) is 0 Å². The number of rotatable bonds is 5. The summed E-state index contributed by atoms with van der Waals surface area (Å²) in [6.07, 6.45) is 7.13. The fourth-order valence-electron chi connectivity index (χ4n) is 7.60. The first-order chi connectivity index (χ1) is 14.2. The van der Waals surface area contributed by atoms with Gasteiger partial charge in [-0.3, -0.25) is 9.59 Å². The maximum Gasteiger partial charge on any atom is 0.323 e. The average Bonchev–Trinajstić information content (AvgIpc) is 3.34. The highest BCUT2D eigenvalue weighted by Crippen LogP contribution is 2.64. The summed E-state index contributed by atoms with van der Waals surface area (Å²) in [5.74, 6) is 0.987. The van der Waals surface area contributed by atoms with Gasteiger partial charge in [0.15, 0.2) is 0 Å². The first-order valence-electron chi connectivity index (χ1n) is 11.6. The van der Waals surface area contributed by atoms with Gasteiger partial charge in [0.1, 0.15) is 17.7 Å². The Morgan fingerprint density at radius 3 is 2.37 bits per heavy atom. The molecule has 1 amide bonds. The number of nitrogens with two attached hydrogens (primary N) is 2. The molecule has 0 aromatic rings. The largest absolute Gasteiger partial charge is 0.458 e. The van der Waals surface area contributed by atoms with Crippen molar-refractivity contribution < 1.29 is 14.3 Å². The third-order valence-corrected chi connectivity index (χ3v) is 8.79. The van der Waals surface area contributed by atoms with Gasteiger partial charge in [-0.1, -0.05) is 13.8 Å². The molecule has 6 aliphatic rings. The first-order valence-corrected chi connectivity index (χ1v) is 11.6. The van der Waals surface area contributed by atoms with E-state index in [0.717, 1.165) is 44.9 Å². The van der Waals surface area contributed by atoms with Crippen molar-refractivity contribution in [3.8, 4) is 6.07 Å². The summed E-state index contributed by atoms with van der Waals surface area (Å²) in [6, 6.07) is 0.921. The van der Waals surface area contributed by atoms with E-state index in [1.807, 2.05) is 13.8 Å². The Labute approximate surface area is 178 Å². The molecule has 164 valence electrons. The van der Waals surface area contributed by atoms with Crippen LogP contribution in [-0.2, 0) is 14.3 Å². The second kappa shape index (κ2) is 6.67. The minimum absolute atomic E-state index is 0.0220. The van der Waals surface area contributed by atoms with Gasteiger partial charge >= 0.3 is 5.97 Å². The number of amides is 1. The number of hydrogen-bond acceptors (Lipinski definition) is 6. The van der Waals surface area contributed by atoms with Crippen molar-refractivity contribution in [2.24, 2.45) is 40.6 Å². The minimum Gasteiger partial charge on any atom is -0.458 e. The Hall–Kier alpha value is -1.65. The van der Waals surface area contributed by atoms with Gasteiger partial charge in [0, 0.05) is 6.04 Å². The summed E-state index contributed by atoms with van der Waals surface area (Å²) in [5.41, 5.74) is 11.9. The Morgan fingerprint density at radius 1 is 1.10 bits per heavy atom. The summed E-state index contributed by atoms with van der Waals surface area (Å²) in [6.45, 7) is 3.85. The smallest absolute Gasteiger partial charge is 0.323 e. The Balaban J connectivity index is 1.38. The molecule has 7 heteroatoms. The zero-order valence-electron chi connectivity index (χ0n) is 18.0. The van der Waals surface area contributed by atoms with Crippen molar-refractivity contribution in [2.45, 2.75) is 95.0 Å². The molecule has 4 bridgehead atoms. The van der Waals surface area contributed by atoms with Gasteiger partial charge in [-0.15, -0.1) is 0 Å². The third-order valence-electron chi connectivity index (χ3n) is 8.79. The SMILES string of the molecule is CC(C)[C@@H](N)C(=O)OC12CC3CC(C1)CC([C@H](N)C(=O)N1[C@H](C#N)C[C@@H]4C[C@@H]41)(C3)C2. The van der Waals surface area contributed by atoms with Crippen LogP contribution in [-0.4, -0.2) is 46.5 Å². The number of esters is 1. The number of nitriles is 1. The van der Waals surface area contributed by atoms with Crippen LogP contribution in [0.1, 0.15) is 65.2 Å². The molecule has 0 aromatic carbocycles. The van der Waals surface area contributed by atoms with Crippen molar-refractivity contribution in [2.75, 3.05) is 0 Å². The Bertz CT molecular complexity index is 791. The number of carbonyl (C=O) groups excluding carboxylic acids is 2. The Kier molecular flexibility index (Phi) is 4.51. The van der Waals surface area contributed by atoms with Crippen molar-refractivity contribution in [3.63, 3.8) is 0 Å². The van der Waals surface area contributed by atoms with Crippen LogP contribution < -0.4 is 11.5 Å². The van der Waals surface area contributed by atoms with E-state index in [-0.39, 0.29) is 35.3 Å². The van der Waals surface area contributed by atoms with Gasteiger partial charge in [0.2, 0.25) is 5.91 Å². The average molecular weight is 415 g/mol. The zero-order valence-corrected chi connectivity index (χ0v) is 18.0. The molecule has 30 heavy (non-hydrogen) atoms. The highest BCUT2D eigenvalue weighted by Gasteiger charge is 2.64. The van der Waals surface area contributed by atoms with Gasteiger partial charge in [-0.25, -0.2) is 0 Å². The van der Waals surface area contributed by atoms with Gasteiger partial charge in [0.05, 0.1) is 12.1 Å². The third kappa shape index (κ3) is 2.98. The lowest BCUT2D eigenvalue weighted by atomic mass is 9.46. The zero-order chi connectivity index (χ0) is 21.4. The van der Waals surface area contributed by atoms with E-state index >= 15 is 0 Å². The quantitative estimate of drug-likeness (QED) is 0.660. The van der Waals surface area contributed by atoms with Crippen LogP contribution >= 0.6 is 0 Å². The van der Waals surface area contributed by atoms with Gasteiger partial charge in [0.25, 0.3) is 0 Å². The number of piperidine rings is 1. The molecule has 0 spiro atoms. The number of fused-ring (bicyclic) bond motifs is 1. The molecule has 7 nitrogen and oxygen atoms in total. The predicted molar refractivity (Wildman–Crippen MR) is 109 cm³/mol. The van der Waals surface area contributed by atoms with E-state index in [1.54, 1.807) is 4.90 Å². The van der Waals surface area contributed by atoms with Crippen molar-refractivity contribution in [3.05, 3.63) is 0 Å². The molecule has 7 atom stereocenters. The lowest BCUT2D eigenvalue weighted by Gasteiger charge is -2.62. The summed E-state index contributed by atoms with van der Waals surface area (Å²) in [7, 11) is 0. The number of ether oxygens (including phenoxy) is 1. The minimum atomic E-state index is -0.629. The lowest BCUT2D eigenvalue weighted by Crippen LogP contribution is -2.66. The van der Waals surface area contributed by atoms with Crippen LogP contribution in [0.5, 0.6) is 0 Å². The molecule has 0 radical (unpaired) electrons. The van der Waals surface area contributed by atoms with Crippen LogP contribution in [0.2, 0.25) is 0 Å². The van der Waals surface area contributed by atoms with Crippen LogP contribution in [0.3, 0.4) is 0 Å². The molecular formula is C23H34N4O3. The van der Waals surface area contributed by atoms with Gasteiger partial charge in [-0.05, 0) is 80.5 Å².